The van der Waals surface area contributed by atoms with Crippen molar-refractivity contribution in [1.29, 1.82) is 0 Å². The van der Waals surface area contributed by atoms with Crippen molar-refractivity contribution in [3.05, 3.63) is 117 Å². The maximum atomic E-state index is 14.5. The Labute approximate surface area is 274 Å². The fraction of sp³-hybridized carbons (Fsp3) is 0.250. The van der Waals surface area contributed by atoms with Crippen molar-refractivity contribution in [2.45, 2.75) is 26.4 Å². The highest BCUT2D eigenvalue weighted by Gasteiger charge is 2.38. The van der Waals surface area contributed by atoms with Crippen LogP contribution >= 0.6 is 0 Å². The van der Waals surface area contributed by atoms with Gasteiger partial charge in [0.2, 0.25) is 0 Å². The number of hydrogen-bond donors (Lipinski definition) is 2. The van der Waals surface area contributed by atoms with E-state index < -0.39 is 40.4 Å². The van der Waals surface area contributed by atoms with E-state index in [0.717, 1.165) is 28.6 Å². The number of nitrogens with one attached hydrogen (secondary N) is 1. The van der Waals surface area contributed by atoms with E-state index in [4.69, 9.17) is 9.90 Å². The highest BCUT2D eigenvalue weighted by molar-refractivity contribution is 6.01. The van der Waals surface area contributed by atoms with Gasteiger partial charge in [-0.1, -0.05) is 48.5 Å². The number of rotatable bonds is 6. The number of carbonyl (C=O) groups excluding carboxylic acids is 1. The Hall–Kier alpha value is -5.10. The number of aryl methyl sites for hydroxylation is 2. The molecular weight excluding hydrogens is 633 g/mol. The van der Waals surface area contributed by atoms with Crippen molar-refractivity contribution < 1.29 is 36.6 Å². The molecule has 0 bridgehead atoms. The van der Waals surface area contributed by atoms with Crippen molar-refractivity contribution in [2.75, 3.05) is 27.2 Å². The van der Waals surface area contributed by atoms with Crippen LogP contribution in [0.3, 0.4) is 0 Å². The number of amides is 1. The molecule has 0 saturated carbocycles. The number of halogens is 5. The second-order valence-electron chi connectivity index (χ2n) is 11.1. The Morgan fingerprint density at radius 3 is 2.10 bits per heavy atom. The van der Waals surface area contributed by atoms with E-state index >= 15 is 0 Å². The van der Waals surface area contributed by atoms with Gasteiger partial charge in [0.05, 0.1) is 16.6 Å². The summed E-state index contributed by atoms with van der Waals surface area (Å²) in [6.45, 7) is 4.39. The zero-order valence-corrected chi connectivity index (χ0v) is 27.1. The van der Waals surface area contributed by atoms with Gasteiger partial charge in [-0.2, -0.15) is 13.2 Å². The molecule has 5 aromatic rings. The minimum atomic E-state index is -4.69. The topological polar surface area (TPSA) is 91.6 Å². The number of nitrogens with zero attached hydrogens (tertiary/aromatic N) is 2. The summed E-state index contributed by atoms with van der Waals surface area (Å²) < 4.78 is 70.8. The third-order valence-corrected chi connectivity index (χ3v) is 7.53. The Bertz CT molecular complexity index is 1970. The van der Waals surface area contributed by atoms with E-state index in [1.807, 2.05) is 38.1 Å². The molecule has 0 fully saturated rings. The molecule has 0 aliphatic heterocycles. The molecule has 254 valence electrons. The monoisotopic (exact) mass is 669 g/mol. The van der Waals surface area contributed by atoms with Crippen molar-refractivity contribution in [3.8, 4) is 11.1 Å². The van der Waals surface area contributed by atoms with Crippen molar-refractivity contribution >= 4 is 34.1 Å². The minimum absolute atomic E-state index is 0.0514. The lowest BCUT2D eigenvalue weighted by Gasteiger charge is -2.20. The molecule has 1 aromatic heterocycles. The number of carbonyl (C=O) groups is 2. The van der Waals surface area contributed by atoms with Crippen molar-refractivity contribution in [3.63, 3.8) is 0 Å². The molecule has 0 saturated heterocycles. The predicted molar refractivity (Wildman–Crippen MR) is 177 cm³/mol. The molecule has 0 radical (unpaired) electrons. The van der Waals surface area contributed by atoms with Gasteiger partial charge in [-0.05, 0) is 86.1 Å². The van der Waals surface area contributed by atoms with Crippen LogP contribution in [0, 0.1) is 18.6 Å². The molecule has 12 heteroatoms. The Morgan fingerprint density at radius 1 is 0.938 bits per heavy atom. The van der Waals surface area contributed by atoms with E-state index in [2.05, 4.69) is 5.32 Å². The van der Waals surface area contributed by atoms with E-state index in [1.165, 1.54) is 17.7 Å². The van der Waals surface area contributed by atoms with Gasteiger partial charge in [0, 0.05) is 25.5 Å². The number of carboxylic acid groups (broad SMARTS) is 1. The van der Waals surface area contributed by atoms with Gasteiger partial charge in [0.1, 0.15) is 17.2 Å². The highest BCUT2D eigenvalue weighted by Crippen LogP contribution is 2.42. The van der Waals surface area contributed by atoms with Crippen LogP contribution in [0.5, 0.6) is 0 Å². The molecule has 4 aromatic carbocycles. The second kappa shape index (κ2) is 16.1. The van der Waals surface area contributed by atoms with Crippen molar-refractivity contribution in [1.82, 2.24) is 14.8 Å². The van der Waals surface area contributed by atoms with Gasteiger partial charge in [0.15, 0.2) is 0 Å². The number of pyridine rings is 1. The Balaban J connectivity index is 0.000000325. The maximum absolute atomic E-state index is 14.5. The van der Waals surface area contributed by atoms with Crippen LogP contribution in [0.15, 0.2) is 77.6 Å². The average molecular weight is 670 g/mol. The lowest BCUT2D eigenvalue weighted by atomic mass is 9.91. The molecule has 5 rings (SSSR count). The summed E-state index contributed by atoms with van der Waals surface area (Å²) in [4.78, 5) is 34.8. The first-order valence-electron chi connectivity index (χ1n) is 14.8. The summed E-state index contributed by atoms with van der Waals surface area (Å²) in [5.74, 6) is -2.41. The van der Waals surface area contributed by atoms with Crippen LogP contribution in [0.1, 0.15) is 34.0 Å². The molecular formula is C36H36F5N3O4. The largest absolute Gasteiger partial charge is 0.483 e. The SMILES string of the molecule is CCNC(=O)c1c(F)cccc1F.Cc1cccc2c(-c3c(C(F)(F)F)c4cc(CCN(C)C)ccc4n(C)c3=O)cccc12.O=CO. The second-order valence-corrected chi connectivity index (χ2v) is 11.1. The summed E-state index contributed by atoms with van der Waals surface area (Å²) >= 11 is 0. The standard InChI is InChI=1S/C26H25F3N2O.C9H9F2NO.CH2O2/c1-16-7-5-9-19-18(16)8-6-10-20(19)23-24(26(27,28)29)21-15-17(13-14-30(2)3)11-12-22(21)31(4)25(23)32;1-2-12-9(13)8-6(10)4-3-5-7(8)11;2-1-3/h5-12,15H,13-14H2,1-4H3;3-5H,2H2,1H3,(H,12,13);1H,(H,2,3). The molecule has 7 nitrogen and oxygen atoms in total. The van der Waals surface area contributed by atoms with Crippen LogP contribution in [0.4, 0.5) is 22.0 Å². The smallest absolute Gasteiger partial charge is 0.417 e. The van der Waals surface area contributed by atoms with Crippen LogP contribution in [-0.2, 0) is 24.4 Å². The number of hydrogen-bond acceptors (Lipinski definition) is 4. The first-order valence-corrected chi connectivity index (χ1v) is 14.8. The summed E-state index contributed by atoms with van der Waals surface area (Å²) in [5.41, 5.74) is -0.0126. The van der Waals surface area contributed by atoms with E-state index in [9.17, 15) is 31.5 Å². The first kappa shape index (κ1) is 37.4. The summed E-state index contributed by atoms with van der Waals surface area (Å²) in [6, 6.07) is 19.0. The quantitative estimate of drug-likeness (QED) is 0.147. The molecule has 0 unspecified atom stereocenters. The number of aromatic nitrogens is 1. The normalized spacial score (nSPS) is 11.1. The lowest BCUT2D eigenvalue weighted by molar-refractivity contribution is -0.136. The van der Waals surface area contributed by atoms with Gasteiger partial charge >= 0.3 is 6.18 Å². The summed E-state index contributed by atoms with van der Waals surface area (Å²) in [5, 5.41) is 10.7. The van der Waals surface area contributed by atoms with E-state index in [-0.39, 0.29) is 22.9 Å². The van der Waals surface area contributed by atoms with Crippen LogP contribution < -0.4 is 10.9 Å². The first-order chi connectivity index (χ1) is 22.7. The molecule has 0 atom stereocenters. The predicted octanol–water partition coefficient (Wildman–Crippen LogP) is 7.21. The summed E-state index contributed by atoms with van der Waals surface area (Å²) in [6.07, 6.45) is -4.07. The Kier molecular flexibility index (Phi) is 12.6. The maximum Gasteiger partial charge on any atom is 0.417 e. The van der Waals surface area contributed by atoms with E-state index in [1.54, 1.807) is 49.4 Å². The fourth-order valence-electron chi connectivity index (χ4n) is 5.30. The van der Waals surface area contributed by atoms with Crippen LogP contribution in [0.25, 0.3) is 32.8 Å². The number of fused-ring (bicyclic) bond motifs is 2. The zero-order valence-electron chi connectivity index (χ0n) is 27.1. The third-order valence-electron chi connectivity index (χ3n) is 7.53. The molecule has 0 aliphatic carbocycles. The number of alkyl halides is 3. The fourth-order valence-corrected chi connectivity index (χ4v) is 5.30. The van der Waals surface area contributed by atoms with Gasteiger partial charge in [0.25, 0.3) is 17.9 Å². The molecule has 0 aliphatic rings. The van der Waals surface area contributed by atoms with Gasteiger partial charge < -0.3 is 19.9 Å². The van der Waals surface area contributed by atoms with Crippen LogP contribution in [-0.4, -0.2) is 54.1 Å². The molecule has 0 spiro atoms. The number of likely N-dealkylation sites (N-methyl/N-ethyl adjacent to an activating group) is 1. The van der Waals surface area contributed by atoms with Gasteiger partial charge in [-0.25, -0.2) is 8.78 Å². The highest BCUT2D eigenvalue weighted by atomic mass is 19.4. The third kappa shape index (κ3) is 8.43. The molecule has 1 amide bonds. The Morgan fingerprint density at radius 2 is 1.52 bits per heavy atom. The summed E-state index contributed by atoms with van der Waals surface area (Å²) in [7, 11) is 5.38. The molecule has 48 heavy (non-hydrogen) atoms. The van der Waals surface area contributed by atoms with Crippen molar-refractivity contribution in [2.24, 2.45) is 7.05 Å². The molecule has 1 heterocycles. The lowest BCUT2D eigenvalue weighted by Crippen LogP contribution is -2.25. The average Bonchev–Trinajstić information content (AvgIpc) is 3.02. The zero-order chi connectivity index (χ0) is 35.8. The van der Waals surface area contributed by atoms with Gasteiger partial charge in [-0.15, -0.1) is 0 Å². The van der Waals surface area contributed by atoms with Gasteiger partial charge in [-0.3, -0.25) is 14.4 Å². The number of benzene rings is 4. The molecule has 2 N–H and O–H groups in total. The minimum Gasteiger partial charge on any atom is -0.483 e. The van der Waals surface area contributed by atoms with E-state index in [0.29, 0.717) is 30.5 Å². The van der Waals surface area contributed by atoms with Crippen LogP contribution in [0.2, 0.25) is 0 Å².